The van der Waals surface area contributed by atoms with Gasteiger partial charge in [-0.1, -0.05) is 51.1 Å². The van der Waals surface area contributed by atoms with Crippen molar-refractivity contribution < 1.29 is 19.1 Å². The molecule has 2 aromatic carbocycles. The summed E-state index contributed by atoms with van der Waals surface area (Å²) in [6.07, 6.45) is -0.140. The molecule has 2 amide bonds. The molecule has 1 heterocycles. The highest BCUT2D eigenvalue weighted by Gasteiger charge is 2.29. The molecule has 6 nitrogen and oxygen atoms in total. The molecule has 0 radical (unpaired) electrons. The summed E-state index contributed by atoms with van der Waals surface area (Å²) in [6.45, 7) is 8.12. The second kappa shape index (κ2) is 8.69. The van der Waals surface area contributed by atoms with Crippen LogP contribution in [0.2, 0.25) is 0 Å². The zero-order valence-corrected chi connectivity index (χ0v) is 17.9. The summed E-state index contributed by atoms with van der Waals surface area (Å²) in [4.78, 5) is 38.7. The zero-order valence-electron chi connectivity index (χ0n) is 17.9. The van der Waals surface area contributed by atoms with Crippen LogP contribution in [0.3, 0.4) is 0 Å². The summed E-state index contributed by atoms with van der Waals surface area (Å²) < 4.78 is 5.24. The zero-order chi connectivity index (χ0) is 21.9. The largest absolute Gasteiger partial charge is 0.451 e. The monoisotopic (exact) mass is 408 g/mol. The Morgan fingerprint density at radius 1 is 1.07 bits per heavy atom. The van der Waals surface area contributed by atoms with Crippen LogP contribution in [0.4, 0.5) is 5.69 Å². The van der Waals surface area contributed by atoms with Crippen molar-refractivity contribution in [1.82, 2.24) is 5.32 Å². The number of benzene rings is 2. The van der Waals surface area contributed by atoms with Crippen molar-refractivity contribution in [2.75, 3.05) is 18.0 Å². The minimum Gasteiger partial charge on any atom is -0.451 e. The molecule has 0 aromatic heterocycles. The lowest BCUT2D eigenvalue weighted by atomic mass is 9.87. The average molecular weight is 408 g/mol. The number of fused-ring (bicyclic) bond motifs is 1. The van der Waals surface area contributed by atoms with Gasteiger partial charge < -0.3 is 15.0 Å². The van der Waals surface area contributed by atoms with Gasteiger partial charge in [-0.3, -0.25) is 14.4 Å². The van der Waals surface area contributed by atoms with Crippen molar-refractivity contribution in [3.05, 3.63) is 65.2 Å². The van der Waals surface area contributed by atoms with Gasteiger partial charge in [-0.05, 0) is 48.1 Å². The fraction of sp³-hybridized carbons (Fsp3) is 0.375. The number of carbonyl (C=O) groups is 3. The highest BCUT2D eigenvalue weighted by molar-refractivity contribution is 5.99. The topological polar surface area (TPSA) is 75.7 Å². The molecule has 1 aliphatic heterocycles. The van der Waals surface area contributed by atoms with Crippen molar-refractivity contribution in [3.63, 3.8) is 0 Å². The predicted molar refractivity (Wildman–Crippen MR) is 116 cm³/mol. The highest BCUT2D eigenvalue weighted by atomic mass is 16.5. The van der Waals surface area contributed by atoms with Gasteiger partial charge in [0.2, 0.25) is 0 Å². The maximum absolute atomic E-state index is 12.7. The van der Waals surface area contributed by atoms with Gasteiger partial charge in [0.25, 0.3) is 11.8 Å². The Balaban J connectivity index is 1.51. The first-order valence-electron chi connectivity index (χ1n) is 10.1. The molecule has 0 spiro atoms. The van der Waals surface area contributed by atoms with Gasteiger partial charge >= 0.3 is 5.97 Å². The first kappa shape index (κ1) is 21.6. The summed E-state index contributed by atoms with van der Waals surface area (Å²) >= 11 is 0. The smallest absolute Gasteiger partial charge is 0.326 e. The lowest BCUT2D eigenvalue weighted by molar-refractivity contribution is -0.152. The molecule has 0 saturated heterocycles. The SMILES string of the molecule is CC(OC(=O)CNC(=O)c1ccc(C(C)(C)C)cc1)C(=O)N1CCc2ccccc21. The maximum Gasteiger partial charge on any atom is 0.326 e. The van der Waals surface area contributed by atoms with Gasteiger partial charge in [-0.2, -0.15) is 0 Å². The third-order valence-electron chi connectivity index (χ3n) is 5.22. The van der Waals surface area contributed by atoms with Crippen LogP contribution < -0.4 is 10.2 Å². The van der Waals surface area contributed by atoms with Crippen LogP contribution in [-0.2, 0) is 26.2 Å². The molecule has 1 N–H and O–H groups in total. The number of anilines is 1. The summed E-state index contributed by atoms with van der Waals surface area (Å²) in [5.41, 5.74) is 3.55. The molecule has 158 valence electrons. The van der Waals surface area contributed by atoms with E-state index in [0.29, 0.717) is 12.1 Å². The van der Waals surface area contributed by atoms with Crippen LogP contribution in [0.25, 0.3) is 0 Å². The number of rotatable bonds is 5. The lowest BCUT2D eigenvalue weighted by Gasteiger charge is -2.21. The highest BCUT2D eigenvalue weighted by Crippen LogP contribution is 2.28. The number of amides is 2. The van der Waals surface area contributed by atoms with Crippen molar-refractivity contribution >= 4 is 23.5 Å². The van der Waals surface area contributed by atoms with Crippen LogP contribution >= 0.6 is 0 Å². The predicted octanol–water partition coefficient (Wildman–Crippen LogP) is 3.23. The van der Waals surface area contributed by atoms with Crippen LogP contribution in [0.15, 0.2) is 48.5 Å². The Bertz CT molecular complexity index is 944. The third kappa shape index (κ3) is 4.87. The van der Waals surface area contributed by atoms with Gasteiger partial charge in [0.1, 0.15) is 6.54 Å². The van der Waals surface area contributed by atoms with E-state index in [2.05, 4.69) is 26.1 Å². The first-order valence-corrected chi connectivity index (χ1v) is 10.1. The van der Waals surface area contributed by atoms with Crippen molar-refractivity contribution in [2.45, 2.75) is 45.6 Å². The van der Waals surface area contributed by atoms with Gasteiger partial charge in [0, 0.05) is 17.8 Å². The van der Waals surface area contributed by atoms with Gasteiger partial charge in [0.05, 0.1) is 0 Å². The molecule has 0 aliphatic carbocycles. The number of hydrogen-bond donors (Lipinski definition) is 1. The third-order valence-corrected chi connectivity index (χ3v) is 5.22. The van der Waals surface area contributed by atoms with E-state index >= 15 is 0 Å². The maximum atomic E-state index is 12.7. The van der Waals surface area contributed by atoms with Crippen molar-refractivity contribution in [3.8, 4) is 0 Å². The Kier molecular flexibility index (Phi) is 6.25. The average Bonchev–Trinajstić information content (AvgIpc) is 3.15. The standard InChI is InChI=1S/C24H28N2O4/c1-16(23(29)26-14-13-17-7-5-6-8-20(17)26)30-21(27)15-25-22(28)18-9-11-19(12-10-18)24(2,3)4/h5-12,16H,13-15H2,1-4H3,(H,25,28). The van der Waals surface area contributed by atoms with Crippen LogP contribution in [0, 0.1) is 0 Å². The van der Waals surface area contributed by atoms with Crippen molar-refractivity contribution in [2.24, 2.45) is 0 Å². The van der Waals surface area contributed by atoms with Gasteiger partial charge in [-0.25, -0.2) is 0 Å². The molecule has 6 heteroatoms. The van der Waals surface area contributed by atoms with Crippen molar-refractivity contribution in [1.29, 1.82) is 0 Å². The number of hydrogen-bond acceptors (Lipinski definition) is 4. The molecular formula is C24H28N2O4. The number of nitrogens with one attached hydrogen (secondary N) is 1. The molecule has 0 saturated carbocycles. The molecule has 2 aromatic rings. The number of para-hydroxylation sites is 1. The Hall–Kier alpha value is -3.15. The van der Waals surface area contributed by atoms with E-state index in [1.165, 1.54) is 0 Å². The van der Waals surface area contributed by atoms with Crippen LogP contribution in [0.5, 0.6) is 0 Å². The number of esters is 1. The second-order valence-corrected chi connectivity index (χ2v) is 8.51. The fourth-order valence-electron chi connectivity index (χ4n) is 3.45. The van der Waals surface area contributed by atoms with E-state index in [1.807, 2.05) is 36.4 Å². The minimum atomic E-state index is -0.924. The lowest BCUT2D eigenvalue weighted by Crippen LogP contribution is -2.41. The van der Waals surface area contributed by atoms with E-state index < -0.39 is 12.1 Å². The fourth-order valence-corrected chi connectivity index (χ4v) is 3.45. The number of carbonyl (C=O) groups excluding carboxylic acids is 3. The molecule has 1 aliphatic rings. The normalized spacial score (nSPS) is 14.1. The summed E-state index contributed by atoms with van der Waals surface area (Å²) in [7, 11) is 0. The number of nitrogens with zero attached hydrogens (tertiary/aromatic N) is 1. The van der Waals surface area contributed by atoms with E-state index in [1.54, 1.807) is 24.0 Å². The van der Waals surface area contributed by atoms with Gasteiger partial charge in [-0.15, -0.1) is 0 Å². The van der Waals surface area contributed by atoms with Crippen LogP contribution in [-0.4, -0.2) is 37.0 Å². The van der Waals surface area contributed by atoms with E-state index in [9.17, 15) is 14.4 Å². The quantitative estimate of drug-likeness (QED) is 0.771. The molecular weight excluding hydrogens is 380 g/mol. The molecule has 3 rings (SSSR count). The summed E-state index contributed by atoms with van der Waals surface area (Å²) in [5.74, 6) is -1.28. The summed E-state index contributed by atoms with van der Waals surface area (Å²) in [6, 6.07) is 15.0. The molecule has 1 unspecified atom stereocenters. The van der Waals surface area contributed by atoms with E-state index in [0.717, 1.165) is 23.2 Å². The Morgan fingerprint density at radius 3 is 2.40 bits per heavy atom. The molecule has 1 atom stereocenters. The summed E-state index contributed by atoms with van der Waals surface area (Å²) in [5, 5.41) is 2.55. The van der Waals surface area contributed by atoms with E-state index in [4.69, 9.17) is 4.74 Å². The molecule has 0 bridgehead atoms. The minimum absolute atomic E-state index is 0.00264. The van der Waals surface area contributed by atoms with Crippen LogP contribution in [0.1, 0.15) is 49.2 Å². The first-order chi connectivity index (χ1) is 14.2. The van der Waals surface area contributed by atoms with Gasteiger partial charge in [0.15, 0.2) is 6.10 Å². The Labute approximate surface area is 177 Å². The number of ether oxygens (including phenoxy) is 1. The Morgan fingerprint density at radius 2 is 1.73 bits per heavy atom. The molecule has 30 heavy (non-hydrogen) atoms. The molecule has 0 fully saturated rings. The second-order valence-electron chi connectivity index (χ2n) is 8.51. The van der Waals surface area contributed by atoms with E-state index in [-0.39, 0.29) is 23.8 Å².